The number of Topliss-reactive ketones (excluding diaryl/α,β-unsaturated/α-hetero) is 1. The second kappa shape index (κ2) is 6.84. The van der Waals surface area contributed by atoms with Crippen LogP contribution in [0.25, 0.3) is 0 Å². The second-order valence-corrected chi connectivity index (χ2v) is 7.96. The molecule has 1 saturated carbocycles. The lowest BCUT2D eigenvalue weighted by Gasteiger charge is -2.47. The molecule has 1 aliphatic carbocycles. The standard InChI is InChI=1S/C19H25NO5/c1-18(2)12-24-19(25-13-18)9-8-17(21)15(10-19)16(11-20(22)23)14-6-4-3-5-7-14/h3-7,15-16H,8-13H2,1-2H3/t15-,16-/m0/s1. The van der Waals surface area contributed by atoms with Crippen LogP contribution in [-0.2, 0) is 14.3 Å². The lowest BCUT2D eigenvalue weighted by molar-refractivity contribution is -0.485. The van der Waals surface area contributed by atoms with Crippen LogP contribution in [-0.4, -0.2) is 36.3 Å². The smallest absolute Gasteiger partial charge is 0.211 e. The van der Waals surface area contributed by atoms with Gasteiger partial charge in [-0.05, 0) is 5.56 Å². The maximum absolute atomic E-state index is 12.6. The van der Waals surface area contributed by atoms with E-state index in [0.29, 0.717) is 32.5 Å². The fraction of sp³-hybridized carbons (Fsp3) is 0.632. The van der Waals surface area contributed by atoms with Gasteiger partial charge in [0.1, 0.15) is 5.78 Å². The lowest BCUT2D eigenvalue weighted by atomic mass is 9.73. The van der Waals surface area contributed by atoms with Crippen molar-refractivity contribution >= 4 is 5.78 Å². The molecule has 1 heterocycles. The number of carbonyl (C=O) groups is 1. The first kappa shape index (κ1) is 18.0. The Bertz CT molecular complexity index is 632. The van der Waals surface area contributed by atoms with E-state index >= 15 is 0 Å². The number of ketones is 1. The third-order valence-corrected chi connectivity index (χ3v) is 5.21. The molecule has 3 rings (SSSR count). The highest BCUT2D eigenvalue weighted by atomic mass is 16.7. The maximum atomic E-state index is 12.6. The van der Waals surface area contributed by atoms with Crippen molar-refractivity contribution in [1.82, 2.24) is 0 Å². The van der Waals surface area contributed by atoms with Crippen molar-refractivity contribution < 1.29 is 19.2 Å². The molecular weight excluding hydrogens is 322 g/mol. The molecule has 6 nitrogen and oxygen atoms in total. The summed E-state index contributed by atoms with van der Waals surface area (Å²) in [6, 6.07) is 9.28. The number of hydrogen-bond donors (Lipinski definition) is 0. The summed E-state index contributed by atoms with van der Waals surface area (Å²) < 4.78 is 12.1. The molecule has 2 aliphatic rings. The highest BCUT2D eigenvalue weighted by Gasteiger charge is 2.49. The summed E-state index contributed by atoms with van der Waals surface area (Å²) >= 11 is 0. The van der Waals surface area contributed by atoms with E-state index in [1.54, 1.807) is 0 Å². The van der Waals surface area contributed by atoms with E-state index in [0.717, 1.165) is 5.56 Å². The molecule has 1 aromatic carbocycles. The fourth-order valence-corrected chi connectivity index (χ4v) is 3.74. The van der Waals surface area contributed by atoms with Crippen molar-refractivity contribution in [1.29, 1.82) is 0 Å². The molecule has 0 bridgehead atoms. The highest BCUT2D eigenvalue weighted by Crippen LogP contribution is 2.44. The number of carbonyl (C=O) groups excluding carboxylic acids is 1. The Balaban J connectivity index is 1.84. The molecule has 0 amide bonds. The Hall–Kier alpha value is -1.79. The van der Waals surface area contributed by atoms with Crippen molar-refractivity contribution in [2.75, 3.05) is 19.8 Å². The fourth-order valence-electron chi connectivity index (χ4n) is 3.74. The molecule has 1 spiro atoms. The van der Waals surface area contributed by atoms with Gasteiger partial charge >= 0.3 is 0 Å². The quantitative estimate of drug-likeness (QED) is 0.617. The van der Waals surface area contributed by atoms with Gasteiger partial charge in [-0.2, -0.15) is 0 Å². The molecule has 6 heteroatoms. The molecule has 25 heavy (non-hydrogen) atoms. The number of benzene rings is 1. The van der Waals surface area contributed by atoms with Gasteiger partial charge in [0.05, 0.1) is 19.1 Å². The van der Waals surface area contributed by atoms with Gasteiger partial charge in [-0.3, -0.25) is 14.9 Å². The third-order valence-electron chi connectivity index (χ3n) is 5.21. The first-order chi connectivity index (χ1) is 11.8. The number of ether oxygens (including phenoxy) is 2. The Morgan fingerprint density at radius 2 is 1.88 bits per heavy atom. The number of nitro groups is 1. The molecule has 1 aromatic rings. The van der Waals surface area contributed by atoms with Crippen LogP contribution in [0.1, 0.15) is 44.6 Å². The molecule has 0 aromatic heterocycles. The van der Waals surface area contributed by atoms with Gasteiger partial charge in [0.2, 0.25) is 6.54 Å². The zero-order valence-corrected chi connectivity index (χ0v) is 14.8. The Morgan fingerprint density at radius 3 is 2.48 bits per heavy atom. The van der Waals surface area contributed by atoms with Crippen LogP contribution in [0.5, 0.6) is 0 Å². The van der Waals surface area contributed by atoms with Crippen LogP contribution >= 0.6 is 0 Å². The Kier molecular flexibility index (Phi) is 4.93. The summed E-state index contributed by atoms with van der Waals surface area (Å²) in [5.74, 6) is -1.62. The summed E-state index contributed by atoms with van der Waals surface area (Å²) in [7, 11) is 0. The Morgan fingerprint density at radius 1 is 1.24 bits per heavy atom. The summed E-state index contributed by atoms with van der Waals surface area (Å²) in [6.45, 7) is 5.02. The number of hydrogen-bond acceptors (Lipinski definition) is 5. The SMILES string of the molecule is CC1(C)COC2(CCC(=O)[C@H]([C@@H](C[N+](=O)[O-])c3ccccc3)C2)OC1. The summed E-state index contributed by atoms with van der Waals surface area (Å²) in [6.07, 6.45) is 1.25. The van der Waals surface area contributed by atoms with E-state index < -0.39 is 17.6 Å². The van der Waals surface area contributed by atoms with E-state index in [1.807, 2.05) is 30.3 Å². The predicted molar refractivity (Wildman–Crippen MR) is 91.8 cm³/mol. The summed E-state index contributed by atoms with van der Waals surface area (Å²) in [5, 5.41) is 11.2. The molecule has 2 fully saturated rings. The van der Waals surface area contributed by atoms with Gasteiger partial charge in [0, 0.05) is 35.5 Å². The minimum atomic E-state index is -0.780. The van der Waals surface area contributed by atoms with E-state index in [4.69, 9.17) is 9.47 Å². The van der Waals surface area contributed by atoms with Crippen molar-refractivity contribution in [3.05, 3.63) is 46.0 Å². The molecule has 0 N–H and O–H groups in total. The number of rotatable bonds is 4. The first-order valence-corrected chi connectivity index (χ1v) is 8.78. The van der Waals surface area contributed by atoms with Crippen molar-refractivity contribution in [2.24, 2.45) is 11.3 Å². The van der Waals surface area contributed by atoms with E-state index in [1.165, 1.54) is 0 Å². The average molecular weight is 347 g/mol. The molecule has 136 valence electrons. The maximum Gasteiger partial charge on any atom is 0.211 e. The molecule has 1 saturated heterocycles. The lowest BCUT2D eigenvalue weighted by Crippen LogP contribution is -2.52. The van der Waals surface area contributed by atoms with Crippen molar-refractivity contribution in [2.45, 2.75) is 44.8 Å². The van der Waals surface area contributed by atoms with Crippen LogP contribution < -0.4 is 0 Å². The van der Waals surface area contributed by atoms with Crippen molar-refractivity contribution in [3.63, 3.8) is 0 Å². The van der Waals surface area contributed by atoms with Crippen LogP contribution in [0.4, 0.5) is 0 Å². The second-order valence-electron chi connectivity index (χ2n) is 7.96. The minimum Gasteiger partial charge on any atom is -0.349 e. The van der Waals surface area contributed by atoms with Crippen molar-refractivity contribution in [3.8, 4) is 0 Å². The minimum absolute atomic E-state index is 0.0537. The average Bonchev–Trinajstić information content (AvgIpc) is 2.59. The van der Waals surface area contributed by atoms with Gasteiger partial charge in [0.15, 0.2) is 5.79 Å². The zero-order valence-electron chi connectivity index (χ0n) is 14.8. The van der Waals surface area contributed by atoms with Crippen LogP contribution in [0.3, 0.4) is 0 Å². The topological polar surface area (TPSA) is 78.7 Å². The van der Waals surface area contributed by atoms with Gasteiger partial charge in [-0.1, -0.05) is 44.2 Å². The van der Waals surface area contributed by atoms with Gasteiger partial charge in [-0.25, -0.2) is 0 Å². The molecule has 2 atom stereocenters. The predicted octanol–water partition coefficient (Wildman–Crippen LogP) is 3.19. The first-order valence-electron chi connectivity index (χ1n) is 8.78. The molecular formula is C19H25NO5. The monoisotopic (exact) mass is 347 g/mol. The van der Waals surface area contributed by atoms with E-state index in [-0.39, 0.29) is 22.7 Å². The number of nitrogens with zero attached hydrogens (tertiary/aromatic N) is 1. The van der Waals surface area contributed by atoms with Crippen LogP contribution in [0.15, 0.2) is 30.3 Å². The zero-order chi connectivity index (χ0) is 18.1. The van der Waals surface area contributed by atoms with Gasteiger partial charge in [-0.15, -0.1) is 0 Å². The largest absolute Gasteiger partial charge is 0.349 e. The third kappa shape index (κ3) is 4.07. The van der Waals surface area contributed by atoms with Gasteiger partial charge < -0.3 is 9.47 Å². The summed E-state index contributed by atoms with van der Waals surface area (Å²) in [4.78, 5) is 23.5. The molecule has 0 radical (unpaired) electrons. The molecule has 1 aliphatic heterocycles. The molecule has 0 unspecified atom stereocenters. The normalized spacial score (nSPS) is 26.3. The summed E-state index contributed by atoms with van der Waals surface area (Å²) in [5.41, 5.74) is 0.771. The van der Waals surface area contributed by atoms with Crippen LogP contribution in [0, 0.1) is 21.4 Å². The van der Waals surface area contributed by atoms with Crippen LogP contribution in [0.2, 0.25) is 0 Å². The van der Waals surface area contributed by atoms with E-state index in [2.05, 4.69) is 13.8 Å². The Labute approximate surface area is 147 Å². The highest BCUT2D eigenvalue weighted by molar-refractivity contribution is 5.83. The van der Waals surface area contributed by atoms with Gasteiger partial charge in [0.25, 0.3) is 0 Å². The van der Waals surface area contributed by atoms with E-state index in [9.17, 15) is 14.9 Å².